The molecule has 56 heavy (non-hydrogen) atoms. The molecule has 1 N–H and O–H groups in total. The van der Waals surface area contributed by atoms with E-state index < -0.39 is 48.5 Å². The number of carboxylic acid groups (broad SMARTS) is 1. The zero-order valence-corrected chi connectivity index (χ0v) is 36.8. The minimum atomic E-state index is -4.44. The summed E-state index contributed by atoms with van der Waals surface area (Å²) in [6.45, 7) is 10.2. The first-order chi connectivity index (χ1) is 25.9. The van der Waals surface area contributed by atoms with E-state index in [4.69, 9.17) is 5.11 Å². The van der Waals surface area contributed by atoms with E-state index in [0.717, 1.165) is 95.9 Å². The van der Waals surface area contributed by atoms with Crippen LogP contribution in [0.5, 0.6) is 0 Å². The molecule has 0 atom stereocenters. The van der Waals surface area contributed by atoms with Crippen LogP contribution in [0.4, 0.5) is 11.4 Å². The first-order valence-electron chi connectivity index (χ1n) is 19.1. The summed E-state index contributed by atoms with van der Waals surface area (Å²) in [6, 6.07) is 15.8. The van der Waals surface area contributed by atoms with Gasteiger partial charge in [-0.05, 0) is 67.0 Å². The number of carbonyl (C=O) groups is 1. The minimum absolute atomic E-state index is 0. The van der Waals surface area contributed by atoms with Crippen molar-refractivity contribution in [1.82, 2.24) is 0 Å². The molecule has 3 aliphatic heterocycles. The zero-order chi connectivity index (χ0) is 39.8. The van der Waals surface area contributed by atoms with Gasteiger partial charge in [0.25, 0.3) is 0 Å². The standard InChI is InChI=1S/C42H53N3O8S2.Na/c1-41(2)33-11-5-7-13-35(33)44(26-28-54(48,49)50)37(41)20-18-31-16-17-32(40(31)43-24-22-30(23-25-43)10-9-15-39(46)47)19-21-38-42(3,4)34-12-6-8-14-36(34)45(38)27-29-55(51,52)53;/h5-8,11-14,18-21,30H,9-10,15-17,22-29H2,1-4H3,(H2-,46,47,48,49,50,51,52,53);/q;+1/p-1. The maximum absolute atomic E-state index is 11.8. The van der Waals surface area contributed by atoms with Crippen LogP contribution in [0.25, 0.3) is 0 Å². The number of nitrogens with zero attached hydrogens (tertiary/aromatic N) is 3. The first-order valence-corrected chi connectivity index (χ1v) is 22.3. The predicted molar refractivity (Wildman–Crippen MR) is 214 cm³/mol. The second kappa shape index (κ2) is 17.4. The number of aliphatic carboxylic acids is 1. The number of allylic oxidation sites excluding steroid dienone is 8. The molecule has 2 aromatic carbocycles. The van der Waals surface area contributed by atoms with Crippen LogP contribution >= 0.6 is 0 Å². The molecule has 1 saturated heterocycles. The van der Waals surface area contributed by atoms with Gasteiger partial charge in [-0.3, -0.25) is 4.79 Å². The van der Waals surface area contributed by atoms with E-state index in [-0.39, 0.29) is 49.1 Å². The second-order valence-electron chi connectivity index (χ2n) is 16.2. The molecule has 0 bridgehead atoms. The normalized spacial score (nSPS) is 23.3. The molecule has 11 nitrogen and oxygen atoms in total. The van der Waals surface area contributed by atoms with E-state index in [2.05, 4.69) is 56.6 Å². The minimum Gasteiger partial charge on any atom is -0.748 e. The Balaban J connectivity index is 0.00000600. The van der Waals surface area contributed by atoms with E-state index in [1.54, 1.807) is 0 Å². The third-order valence-corrected chi connectivity index (χ3v) is 13.2. The number of hydrogen-bond donors (Lipinski definition) is 1. The molecule has 296 valence electrons. The van der Waals surface area contributed by atoms with Gasteiger partial charge in [-0.1, -0.05) is 76.2 Å². The molecular weight excluding hydrogens is 762 g/mol. The smallest absolute Gasteiger partial charge is 0.748 e. The van der Waals surface area contributed by atoms with E-state index in [0.29, 0.717) is 12.3 Å². The molecule has 4 aliphatic rings. The largest absolute Gasteiger partial charge is 1.00 e. The maximum atomic E-state index is 11.8. The van der Waals surface area contributed by atoms with Crippen molar-refractivity contribution in [2.75, 3.05) is 47.5 Å². The van der Waals surface area contributed by atoms with Crippen LogP contribution in [0.1, 0.15) is 83.8 Å². The van der Waals surface area contributed by atoms with Crippen molar-refractivity contribution in [3.8, 4) is 0 Å². The molecule has 1 aliphatic carbocycles. The topological polar surface area (TPSA) is 161 Å². The monoisotopic (exact) mass is 813 g/mol. The van der Waals surface area contributed by atoms with E-state index in [1.807, 2.05) is 58.3 Å². The quantitative estimate of drug-likeness (QED) is 0.192. The van der Waals surface area contributed by atoms with Crippen LogP contribution in [-0.4, -0.2) is 85.0 Å². The fraction of sp³-hybridized carbons (Fsp3) is 0.476. The second-order valence-corrected chi connectivity index (χ2v) is 19.2. The summed E-state index contributed by atoms with van der Waals surface area (Å²) >= 11 is 0. The van der Waals surface area contributed by atoms with Crippen molar-refractivity contribution in [3.63, 3.8) is 0 Å². The molecule has 3 heterocycles. The van der Waals surface area contributed by atoms with Crippen LogP contribution in [-0.2, 0) is 35.9 Å². The van der Waals surface area contributed by atoms with Crippen LogP contribution in [0.2, 0.25) is 0 Å². The van der Waals surface area contributed by atoms with Gasteiger partial charge < -0.3 is 24.0 Å². The average Bonchev–Trinajstić information content (AvgIpc) is 3.69. The summed E-state index contributed by atoms with van der Waals surface area (Å²) in [4.78, 5) is 15.1. The fourth-order valence-electron chi connectivity index (χ4n) is 8.96. The third kappa shape index (κ3) is 9.79. The summed E-state index contributed by atoms with van der Waals surface area (Å²) in [7, 11) is -8.88. The average molecular weight is 814 g/mol. The molecule has 14 heteroatoms. The molecule has 0 spiro atoms. The van der Waals surface area contributed by atoms with Crippen LogP contribution in [0.15, 0.2) is 95.4 Å². The summed E-state index contributed by atoms with van der Waals surface area (Å²) in [5.41, 5.74) is 8.27. The van der Waals surface area contributed by atoms with Crippen molar-refractivity contribution in [1.29, 1.82) is 0 Å². The van der Waals surface area contributed by atoms with Gasteiger partial charge in [0, 0.05) is 77.1 Å². The van der Waals surface area contributed by atoms with Gasteiger partial charge in [0.1, 0.15) is 13.1 Å². The van der Waals surface area contributed by atoms with E-state index in [1.165, 1.54) is 0 Å². The number of fused-ring (bicyclic) bond motifs is 2. The van der Waals surface area contributed by atoms with Crippen LogP contribution in [0, 0.1) is 5.92 Å². The van der Waals surface area contributed by atoms with E-state index in [9.17, 15) is 30.7 Å². The van der Waals surface area contributed by atoms with E-state index >= 15 is 0 Å². The van der Waals surface area contributed by atoms with Gasteiger partial charge in [0.2, 0.25) is 5.71 Å². The van der Waals surface area contributed by atoms with Gasteiger partial charge in [-0.25, -0.2) is 21.4 Å². The molecule has 2 fully saturated rings. The number of carboxylic acids is 1. The fourth-order valence-corrected chi connectivity index (χ4v) is 9.77. The van der Waals surface area contributed by atoms with Crippen molar-refractivity contribution in [2.45, 2.75) is 83.5 Å². The Bertz CT molecular complexity index is 2080. The van der Waals surface area contributed by atoms with Crippen molar-refractivity contribution < 1.29 is 70.0 Å². The number of para-hydroxylation sites is 2. The molecule has 1 saturated carbocycles. The number of anilines is 2. The Kier molecular flexibility index (Phi) is 13.7. The predicted octanol–water partition coefficient (Wildman–Crippen LogP) is 3.21. The van der Waals surface area contributed by atoms with Gasteiger partial charge in [-0.2, -0.15) is 0 Å². The van der Waals surface area contributed by atoms with Crippen LogP contribution < -0.4 is 39.4 Å². The Labute approximate surface area is 354 Å². The van der Waals surface area contributed by atoms with Crippen molar-refractivity contribution >= 4 is 43.3 Å². The Morgan fingerprint density at radius 2 is 1.20 bits per heavy atom. The molecule has 0 aromatic heterocycles. The summed E-state index contributed by atoms with van der Waals surface area (Å²) in [5.74, 6) is -1.34. The van der Waals surface area contributed by atoms with Crippen molar-refractivity contribution in [3.05, 3.63) is 107 Å². The summed E-state index contributed by atoms with van der Waals surface area (Å²) in [5, 5.41) is 9.16. The van der Waals surface area contributed by atoms with Crippen LogP contribution in [0.3, 0.4) is 0 Å². The molecule has 0 amide bonds. The molecule has 0 radical (unpaired) electrons. The maximum Gasteiger partial charge on any atom is 1.00 e. The summed E-state index contributed by atoms with van der Waals surface area (Å²) in [6.07, 6.45) is 13.6. The van der Waals surface area contributed by atoms with Gasteiger partial charge in [0.15, 0.2) is 0 Å². The third-order valence-electron chi connectivity index (χ3n) is 11.8. The molecular formula is C42H52N3NaO8S2. The Morgan fingerprint density at radius 3 is 1.61 bits per heavy atom. The summed E-state index contributed by atoms with van der Waals surface area (Å²) < 4.78 is 73.0. The number of benzene rings is 2. The number of hydrogen-bond acceptors (Lipinski definition) is 9. The first kappa shape index (κ1) is 44.1. The van der Waals surface area contributed by atoms with Gasteiger partial charge in [0.05, 0.1) is 31.7 Å². The zero-order valence-electron chi connectivity index (χ0n) is 33.2. The number of piperidine rings is 1. The molecule has 2 aromatic rings. The SMILES string of the molecule is CC1(C)/C(=C\C=C2/CC/C(=C\C=C3\N(CCS(=O)(=O)[O-])c4ccccc4C3(C)C)C2=[N+]2CCC(CCCC(=O)O)CC2)N(CCS(=O)(=O)[O-])c2ccccc21.[Na+]. The molecule has 6 rings (SSSR count). The van der Waals surface area contributed by atoms with Crippen molar-refractivity contribution in [2.24, 2.45) is 5.92 Å². The van der Waals surface area contributed by atoms with Gasteiger partial charge >= 0.3 is 35.5 Å². The van der Waals surface area contributed by atoms with Gasteiger partial charge in [-0.15, -0.1) is 0 Å². The number of rotatable bonds is 12. The Morgan fingerprint density at radius 1 is 0.768 bits per heavy atom. The Hall–Kier alpha value is -3.04. The molecule has 0 unspecified atom stereocenters.